The zero-order valence-corrected chi connectivity index (χ0v) is 22.1. The van der Waals surface area contributed by atoms with E-state index in [-0.39, 0.29) is 22.8 Å². The van der Waals surface area contributed by atoms with Crippen LogP contribution in [0.3, 0.4) is 0 Å². The Balaban J connectivity index is 1.12. The number of sulfonamides is 1. The normalized spacial score (nSPS) is 24.9. The Kier molecular flexibility index (Phi) is 7.41. The summed E-state index contributed by atoms with van der Waals surface area (Å²) in [5.41, 5.74) is 1.15. The zero-order valence-electron chi connectivity index (χ0n) is 21.3. The second-order valence-corrected chi connectivity index (χ2v) is 13.3. The van der Waals surface area contributed by atoms with Gasteiger partial charge in [0.1, 0.15) is 12.1 Å². The van der Waals surface area contributed by atoms with E-state index in [4.69, 9.17) is 0 Å². The first-order valence-corrected chi connectivity index (χ1v) is 15.0. The second kappa shape index (κ2) is 10.3. The Bertz CT molecular complexity index is 1200. The standard InChI is InChI=1S/C26H36F3N5O2S/c1-2-37(35,36)32-21-6-3-19(4-7-21)15-33-11-9-25(10-12-33)16-34(17-25)24-22-13-20(14-26(27,28)29)5-8-23(22)30-18-31-24/h5,8,13,18-19,21,32H,2-4,6-7,9-12,14-17H2,1H3/t19-,21-. The summed E-state index contributed by atoms with van der Waals surface area (Å²) in [7, 11) is -3.14. The van der Waals surface area contributed by atoms with Crippen LogP contribution < -0.4 is 9.62 Å². The van der Waals surface area contributed by atoms with Crippen LogP contribution in [0.15, 0.2) is 24.5 Å². The fourth-order valence-electron chi connectivity index (χ4n) is 6.29. The molecule has 0 radical (unpaired) electrons. The number of alkyl halides is 3. The van der Waals surface area contributed by atoms with Gasteiger partial charge in [0.05, 0.1) is 17.7 Å². The molecule has 1 saturated carbocycles. The molecule has 2 aromatic rings. The number of likely N-dealkylation sites (tertiary alicyclic amines) is 1. The van der Waals surface area contributed by atoms with Crippen molar-refractivity contribution in [1.29, 1.82) is 0 Å². The van der Waals surface area contributed by atoms with Gasteiger partial charge in [0.15, 0.2) is 0 Å². The number of hydrogen-bond acceptors (Lipinski definition) is 6. The maximum absolute atomic E-state index is 12.9. The van der Waals surface area contributed by atoms with E-state index in [2.05, 4.69) is 24.5 Å². The predicted molar refractivity (Wildman–Crippen MR) is 138 cm³/mol. The van der Waals surface area contributed by atoms with Crippen LogP contribution in [-0.2, 0) is 16.4 Å². The molecule has 1 aliphatic carbocycles. The van der Waals surface area contributed by atoms with Gasteiger partial charge in [-0.15, -0.1) is 0 Å². The maximum Gasteiger partial charge on any atom is 0.393 e. The lowest BCUT2D eigenvalue weighted by atomic mass is 9.71. The van der Waals surface area contributed by atoms with Crippen molar-refractivity contribution in [3.05, 3.63) is 30.1 Å². The van der Waals surface area contributed by atoms with Crippen molar-refractivity contribution in [3.63, 3.8) is 0 Å². The first-order chi connectivity index (χ1) is 17.5. The average Bonchev–Trinajstić information content (AvgIpc) is 2.83. The highest BCUT2D eigenvalue weighted by molar-refractivity contribution is 7.89. The van der Waals surface area contributed by atoms with Gasteiger partial charge in [-0.05, 0) is 82.2 Å². The molecule has 3 heterocycles. The molecule has 3 aliphatic rings. The number of hydrogen-bond donors (Lipinski definition) is 1. The summed E-state index contributed by atoms with van der Waals surface area (Å²) in [6.45, 7) is 6.60. The summed E-state index contributed by atoms with van der Waals surface area (Å²) in [5, 5.41) is 0.688. The van der Waals surface area contributed by atoms with Crippen LogP contribution in [0.2, 0.25) is 0 Å². The van der Waals surface area contributed by atoms with Crippen molar-refractivity contribution >= 4 is 26.7 Å². The van der Waals surface area contributed by atoms with E-state index in [0.29, 0.717) is 16.8 Å². The van der Waals surface area contributed by atoms with E-state index in [1.165, 1.54) is 12.4 Å². The number of anilines is 1. The molecule has 0 bridgehead atoms. The second-order valence-electron chi connectivity index (χ2n) is 11.2. The summed E-state index contributed by atoms with van der Waals surface area (Å²) in [6, 6.07) is 4.82. The molecular weight excluding hydrogens is 503 g/mol. The maximum atomic E-state index is 12.9. The first kappa shape index (κ1) is 26.6. The summed E-state index contributed by atoms with van der Waals surface area (Å²) in [6.07, 6.45) is 2.46. The third kappa shape index (κ3) is 6.37. The topological polar surface area (TPSA) is 78.4 Å². The molecule has 7 nitrogen and oxygen atoms in total. The molecule has 1 N–H and O–H groups in total. The minimum atomic E-state index is -4.25. The van der Waals surface area contributed by atoms with Gasteiger partial charge in [0.2, 0.25) is 10.0 Å². The molecule has 0 amide bonds. The summed E-state index contributed by atoms with van der Waals surface area (Å²) in [5.74, 6) is 1.48. The molecule has 5 rings (SSSR count). The van der Waals surface area contributed by atoms with Crippen LogP contribution in [0.4, 0.5) is 19.0 Å². The highest BCUT2D eigenvalue weighted by Gasteiger charge is 2.46. The van der Waals surface area contributed by atoms with Crippen LogP contribution in [0.25, 0.3) is 10.9 Å². The molecule has 1 aromatic carbocycles. The minimum absolute atomic E-state index is 0.0780. The lowest BCUT2D eigenvalue weighted by Crippen LogP contribution is -2.61. The Labute approximate surface area is 216 Å². The van der Waals surface area contributed by atoms with E-state index >= 15 is 0 Å². The number of fused-ring (bicyclic) bond motifs is 1. The van der Waals surface area contributed by atoms with Gasteiger partial charge < -0.3 is 9.80 Å². The summed E-state index contributed by atoms with van der Waals surface area (Å²) < 4.78 is 65.2. The van der Waals surface area contributed by atoms with Crippen LogP contribution in [0.1, 0.15) is 51.0 Å². The largest absolute Gasteiger partial charge is 0.393 e. The lowest BCUT2D eigenvalue weighted by Gasteiger charge is -2.55. The molecule has 0 atom stereocenters. The van der Waals surface area contributed by atoms with Gasteiger partial charge in [0, 0.05) is 36.5 Å². The Morgan fingerprint density at radius 1 is 1.08 bits per heavy atom. The quantitative estimate of drug-likeness (QED) is 0.570. The van der Waals surface area contributed by atoms with Gasteiger partial charge in [-0.2, -0.15) is 13.2 Å². The number of nitrogens with one attached hydrogen (secondary N) is 1. The molecule has 3 fully saturated rings. The fourth-order valence-corrected chi connectivity index (χ4v) is 7.20. The van der Waals surface area contributed by atoms with Gasteiger partial charge in [0.25, 0.3) is 0 Å². The molecule has 2 saturated heterocycles. The lowest BCUT2D eigenvalue weighted by molar-refractivity contribution is -0.127. The molecule has 2 aliphatic heterocycles. The smallest absolute Gasteiger partial charge is 0.355 e. The van der Waals surface area contributed by atoms with E-state index in [9.17, 15) is 21.6 Å². The Hall–Kier alpha value is -1.98. The van der Waals surface area contributed by atoms with Gasteiger partial charge in [-0.25, -0.2) is 23.1 Å². The predicted octanol–water partition coefficient (Wildman–Crippen LogP) is 4.13. The fraction of sp³-hybridized carbons (Fsp3) is 0.692. The van der Waals surface area contributed by atoms with Crippen molar-refractivity contribution in [2.75, 3.05) is 43.4 Å². The van der Waals surface area contributed by atoms with Gasteiger partial charge >= 0.3 is 6.18 Å². The molecule has 204 valence electrons. The molecule has 1 spiro atoms. The van der Waals surface area contributed by atoms with Crippen LogP contribution >= 0.6 is 0 Å². The van der Waals surface area contributed by atoms with Crippen LogP contribution in [0, 0.1) is 11.3 Å². The first-order valence-electron chi connectivity index (χ1n) is 13.3. The Morgan fingerprint density at radius 3 is 2.43 bits per heavy atom. The van der Waals surface area contributed by atoms with E-state index in [0.717, 1.165) is 77.1 Å². The molecular formula is C26H36F3N5O2S. The summed E-state index contributed by atoms with van der Waals surface area (Å²) >= 11 is 0. The number of aromatic nitrogens is 2. The minimum Gasteiger partial charge on any atom is -0.355 e. The number of benzene rings is 1. The number of nitrogens with zero attached hydrogens (tertiary/aromatic N) is 4. The van der Waals surface area contributed by atoms with Crippen LogP contribution in [0.5, 0.6) is 0 Å². The van der Waals surface area contributed by atoms with E-state index in [1.54, 1.807) is 19.1 Å². The van der Waals surface area contributed by atoms with Gasteiger partial charge in [-0.3, -0.25) is 0 Å². The van der Waals surface area contributed by atoms with Crippen LogP contribution in [-0.4, -0.2) is 74.0 Å². The van der Waals surface area contributed by atoms with Crippen molar-refractivity contribution in [2.45, 2.75) is 64.1 Å². The third-order valence-electron chi connectivity index (χ3n) is 8.44. The van der Waals surface area contributed by atoms with E-state index < -0.39 is 22.6 Å². The highest BCUT2D eigenvalue weighted by Crippen LogP contribution is 2.44. The third-order valence-corrected chi connectivity index (χ3v) is 9.89. The number of rotatable bonds is 7. The van der Waals surface area contributed by atoms with E-state index in [1.807, 2.05) is 0 Å². The molecule has 1 aromatic heterocycles. The highest BCUT2D eigenvalue weighted by atomic mass is 32.2. The van der Waals surface area contributed by atoms with Crippen molar-refractivity contribution in [3.8, 4) is 0 Å². The van der Waals surface area contributed by atoms with Gasteiger partial charge in [-0.1, -0.05) is 6.07 Å². The number of piperidine rings is 1. The van der Waals surface area contributed by atoms with Crippen molar-refractivity contribution in [1.82, 2.24) is 19.6 Å². The monoisotopic (exact) mass is 539 g/mol. The van der Waals surface area contributed by atoms with Crippen molar-refractivity contribution in [2.24, 2.45) is 11.3 Å². The molecule has 37 heavy (non-hydrogen) atoms. The summed E-state index contributed by atoms with van der Waals surface area (Å²) in [4.78, 5) is 13.5. The molecule has 0 unspecified atom stereocenters. The molecule has 11 heteroatoms. The average molecular weight is 540 g/mol. The Morgan fingerprint density at radius 2 is 1.78 bits per heavy atom. The SMILES string of the molecule is CCS(=O)(=O)N[C@H]1CC[C@H](CN2CCC3(CC2)CN(c2ncnc4ccc(CC(F)(F)F)cc24)C3)CC1. The zero-order chi connectivity index (χ0) is 26.3. The number of halogens is 3. The van der Waals surface area contributed by atoms with Crippen molar-refractivity contribution < 1.29 is 21.6 Å².